The van der Waals surface area contributed by atoms with E-state index in [0.717, 1.165) is 14.9 Å². The number of thiazole rings is 1. The van der Waals surface area contributed by atoms with Crippen LogP contribution in [0.5, 0.6) is 0 Å². The van der Waals surface area contributed by atoms with E-state index in [1.807, 2.05) is 17.5 Å². The Kier molecular flexibility index (Phi) is 3.43. The molecule has 2 N–H and O–H groups in total. The molecule has 1 saturated heterocycles. The molecule has 2 aromatic heterocycles. The molecule has 1 aliphatic rings. The van der Waals surface area contributed by atoms with E-state index in [1.165, 1.54) is 11.3 Å². The smallest absolute Gasteiger partial charge is 0.275 e. The number of amides is 4. The number of carbonyl (C=O) groups excluding carboxylic acids is 3. The lowest BCUT2D eigenvalue weighted by Gasteiger charge is -2.13. The molecule has 0 aromatic carbocycles. The lowest BCUT2D eigenvalue weighted by atomic mass is 10.4. The number of aromatic nitrogens is 1. The van der Waals surface area contributed by atoms with Gasteiger partial charge in [-0.2, -0.15) is 0 Å². The van der Waals surface area contributed by atoms with Crippen molar-refractivity contribution in [1.29, 1.82) is 0 Å². The molecule has 3 rings (SSSR count). The summed E-state index contributed by atoms with van der Waals surface area (Å²) in [6.07, 6.45) is 0. The minimum atomic E-state index is -0.631. The van der Waals surface area contributed by atoms with Crippen molar-refractivity contribution in [2.75, 3.05) is 6.54 Å². The molecule has 2 aromatic rings. The minimum Gasteiger partial charge on any atom is -0.275 e. The van der Waals surface area contributed by atoms with E-state index in [0.29, 0.717) is 10.6 Å². The molecule has 0 unspecified atom stereocenters. The SMILES string of the molecule is Cc1nc(-c2cccs2)sc1C(=O)NN1CC(=O)NC1=O. The van der Waals surface area contributed by atoms with Crippen LogP contribution in [0.15, 0.2) is 17.5 Å². The van der Waals surface area contributed by atoms with Crippen LogP contribution in [0.2, 0.25) is 0 Å². The number of nitrogens with zero attached hydrogens (tertiary/aromatic N) is 2. The minimum absolute atomic E-state index is 0.180. The molecule has 1 aliphatic heterocycles. The summed E-state index contributed by atoms with van der Waals surface area (Å²) in [5.41, 5.74) is 3.00. The predicted molar refractivity (Wildman–Crippen MR) is 77.9 cm³/mol. The van der Waals surface area contributed by atoms with Gasteiger partial charge in [0.05, 0.1) is 10.6 Å². The zero-order valence-electron chi connectivity index (χ0n) is 10.9. The van der Waals surface area contributed by atoms with E-state index in [2.05, 4.69) is 15.7 Å². The van der Waals surface area contributed by atoms with E-state index >= 15 is 0 Å². The Morgan fingerprint density at radius 2 is 2.29 bits per heavy atom. The number of hydrazine groups is 1. The highest BCUT2D eigenvalue weighted by atomic mass is 32.1. The molecule has 21 heavy (non-hydrogen) atoms. The predicted octanol–water partition coefficient (Wildman–Crippen LogP) is 1.38. The molecule has 1 fully saturated rings. The lowest BCUT2D eigenvalue weighted by Crippen LogP contribution is -2.44. The molecule has 108 valence electrons. The fraction of sp³-hybridized carbons (Fsp3) is 0.167. The number of rotatable bonds is 3. The number of carbonyl (C=O) groups is 3. The fourth-order valence-corrected chi connectivity index (χ4v) is 3.57. The van der Waals surface area contributed by atoms with Gasteiger partial charge in [0.25, 0.3) is 5.91 Å². The molecular weight excluding hydrogens is 312 g/mol. The van der Waals surface area contributed by atoms with E-state index in [9.17, 15) is 14.4 Å². The summed E-state index contributed by atoms with van der Waals surface area (Å²) in [5.74, 6) is -0.891. The van der Waals surface area contributed by atoms with Gasteiger partial charge in [-0.25, -0.2) is 14.8 Å². The van der Waals surface area contributed by atoms with Gasteiger partial charge in [-0.1, -0.05) is 6.07 Å². The number of aryl methyl sites for hydroxylation is 1. The highest BCUT2D eigenvalue weighted by Gasteiger charge is 2.29. The van der Waals surface area contributed by atoms with Gasteiger partial charge in [0.2, 0.25) is 5.91 Å². The van der Waals surface area contributed by atoms with Crippen LogP contribution in [0.25, 0.3) is 9.88 Å². The van der Waals surface area contributed by atoms with Crippen LogP contribution in [-0.2, 0) is 4.79 Å². The van der Waals surface area contributed by atoms with Crippen molar-refractivity contribution in [3.63, 3.8) is 0 Å². The van der Waals surface area contributed by atoms with Crippen molar-refractivity contribution in [3.8, 4) is 9.88 Å². The second kappa shape index (κ2) is 5.26. The zero-order chi connectivity index (χ0) is 15.0. The number of hydrogen-bond acceptors (Lipinski definition) is 6. The Balaban J connectivity index is 1.79. The maximum atomic E-state index is 12.2. The molecule has 0 saturated carbocycles. The summed E-state index contributed by atoms with van der Waals surface area (Å²) in [4.78, 5) is 40.4. The van der Waals surface area contributed by atoms with E-state index in [1.54, 1.807) is 18.3 Å². The first-order valence-electron chi connectivity index (χ1n) is 5.98. The van der Waals surface area contributed by atoms with Gasteiger partial charge in [0.15, 0.2) is 0 Å². The standard InChI is InChI=1S/C12H10N4O3S2/c1-6-9(21-11(13-6)7-3-2-4-20-7)10(18)15-16-5-8(17)14-12(16)19/h2-4H,5H2,1H3,(H,15,18)(H,14,17,19). The highest BCUT2D eigenvalue weighted by Crippen LogP contribution is 2.30. The quantitative estimate of drug-likeness (QED) is 0.835. The van der Waals surface area contributed by atoms with Crippen molar-refractivity contribution in [2.45, 2.75) is 6.92 Å². The van der Waals surface area contributed by atoms with Gasteiger partial charge in [0, 0.05) is 0 Å². The van der Waals surface area contributed by atoms with Crippen LogP contribution in [0, 0.1) is 6.92 Å². The Labute approximate surface area is 127 Å². The summed E-state index contributed by atoms with van der Waals surface area (Å²) in [6.45, 7) is 1.55. The lowest BCUT2D eigenvalue weighted by molar-refractivity contribution is -0.118. The van der Waals surface area contributed by atoms with Crippen LogP contribution >= 0.6 is 22.7 Å². The third-order valence-corrected chi connectivity index (χ3v) is 4.96. The van der Waals surface area contributed by atoms with E-state index in [-0.39, 0.29) is 6.54 Å². The number of thiophene rings is 1. The summed E-state index contributed by atoms with van der Waals surface area (Å²) < 4.78 is 0. The van der Waals surface area contributed by atoms with Crippen LogP contribution in [-0.4, -0.2) is 34.4 Å². The molecule has 0 atom stereocenters. The first kappa shape index (κ1) is 13.7. The first-order chi connectivity index (χ1) is 10.0. The van der Waals surface area contributed by atoms with Gasteiger partial charge < -0.3 is 0 Å². The third kappa shape index (κ3) is 2.65. The Hall–Kier alpha value is -2.26. The van der Waals surface area contributed by atoms with Gasteiger partial charge in [-0.3, -0.25) is 20.3 Å². The monoisotopic (exact) mass is 322 g/mol. The molecule has 3 heterocycles. The largest absolute Gasteiger partial charge is 0.343 e. The molecule has 7 nitrogen and oxygen atoms in total. The molecule has 0 radical (unpaired) electrons. The summed E-state index contributed by atoms with van der Waals surface area (Å²) in [7, 11) is 0. The van der Waals surface area contributed by atoms with Gasteiger partial charge in [-0.15, -0.1) is 22.7 Å². The van der Waals surface area contributed by atoms with Crippen LogP contribution < -0.4 is 10.7 Å². The summed E-state index contributed by atoms with van der Waals surface area (Å²) in [6, 6.07) is 3.21. The Morgan fingerprint density at radius 3 is 2.90 bits per heavy atom. The highest BCUT2D eigenvalue weighted by molar-refractivity contribution is 7.22. The van der Waals surface area contributed by atoms with E-state index < -0.39 is 17.8 Å². The van der Waals surface area contributed by atoms with Crippen LogP contribution in [0.4, 0.5) is 4.79 Å². The number of hydrogen-bond donors (Lipinski definition) is 2. The topological polar surface area (TPSA) is 91.4 Å². The maximum Gasteiger partial charge on any atom is 0.343 e. The third-order valence-electron chi connectivity index (χ3n) is 2.76. The van der Waals surface area contributed by atoms with Gasteiger partial charge >= 0.3 is 6.03 Å². The van der Waals surface area contributed by atoms with E-state index in [4.69, 9.17) is 0 Å². The van der Waals surface area contributed by atoms with Crippen LogP contribution in [0.3, 0.4) is 0 Å². The normalized spacial score (nSPS) is 14.4. The first-order valence-corrected chi connectivity index (χ1v) is 7.68. The number of nitrogens with one attached hydrogen (secondary N) is 2. The second-order valence-corrected chi connectivity index (χ2v) is 6.24. The van der Waals surface area contributed by atoms with Crippen LogP contribution in [0.1, 0.15) is 15.4 Å². The molecule has 9 heteroatoms. The second-order valence-electron chi connectivity index (χ2n) is 4.29. The number of urea groups is 1. The van der Waals surface area contributed by atoms with Gasteiger partial charge in [-0.05, 0) is 18.4 Å². The van der Waals surface area contributed by atoms with Crippen molar-refractivity contribution in [3.05, 3.63) is 28.1 Å². The van der Waals surface area contributed by atoms with Crippen molar-refractivity contribution < 1.29 is 14.4 Å². The fourth-order valence-electron chi connectivity index (χ4n) is 1.82. The number of imide groups is 1. The Bertz CT molecular complexity index is 723. The average Bonchev–Trinajstić information content (AvgIpc) is 3.11. The van der Waals surface area contributed by atoms with Crippen molar-refractivity contribution in [2.24, 2.45) is 0 Å². The molecule has 4 amide bonds. The Morgan fingerprint density at radius 1 is 1.48 bits per heavy atom. The summed E-state index contributed by atoms with van der Waals surface area (Å²) in [5, 5.41) is 5.74. The zero-order valence-corrected chi connectivity index (χ0v) is 12.5. The molecular formula is C12H10N4O3S2. The molecule has 0 bridgehead atoms. The summed E-state index contributed by atoms with van der Waals surface area (Å²) >= 11 is 2.80. The molecule has 0 aliphatic carbocycles. The maximum absolute atomic E-state index is 12.2. The average molecular weight is 322 g/mol. The van der Waals surface area contributed by atoms with Crippen molar-refractivity contribution >= 4 is 40.5 Å². The van der Waals surface area contributed by atoms with Crippen molar-refractivity contribution in [1.82, 2.24) is 20.7 Å². The molecule has 0 spiro atoms. The van der Waals surface area contributed by atoms with Gasteiger partial charge in [0.1, 0.15) is 16.4 Å².